The van der Waals surface area contributed by atoms with Crippen LogP contribution in [0.3, 0.4) is 0 Å². The van der Waals surface area contributed by atoms with E-state index in [0.717, 1.165) is 10.7 Å². The predicted octanol–water partition coefficient (Wildman–Crippen LogP) is 1.09. The van der Waals surface area contributed by atoms with Crippen LogP contribution in [0.4, 0.5) is 0 Å². The highest BCUT2D eigenvalue weighted by atomic mass is 35.5. The third-order valence-corrected chi connectivity index (χ3v) is 3.39. The van der Waals surface area contributed by atoms with Crippen LogP contribution in [0.25, 0.3) is 0 Å². The Morgan fingerprint density at radius 3 is 2.94 bits per heavy atom. The Hall–Kier alpha value is -1.40. The van der Waals surface area contributed by atoms with E-state index < -0.39 is 5.69 Å². The summed E-state index contributed by atoms with van der Waals surface area (Å²) >= 11 is 7.09. The maximum atomic E-state index is 11.5. The molecule has 0 radical (unpaired) electrons. The summed E-state index contributed by atoms with van der Waals surface area (Å²) in [6, 6.07) is 0. The molecule has 0 aromatic carbocycles. The van der Waals surface area contributed by atoms with Crippen molar-refractivity contribution in [3.8, 4) is 0 Å². The Bertz CT molecular complexity index is 643. The number of aryl methyl sites for hydroxylation is 1. The van der Waals surface area contributed by atoms with Crippen LogP contribution >= 0.6 is 22.9 Å². The second kappa shape index (κ2) is 4.85. The van der Waals surface area contributed by atoms with E-state index in [4.69, 9.17) is 11.6 Å². The van der Waals surface area contributed by atoms with Crippen molar-refractivity contribution in [2.45, 2.75) is 19.3 Å². The molecule has 90 valence electrons. The van der Waals surface area contributed by atoms with Crippen molar-refractivity contribution >= 4 is 22.9 Å². The van der Waals surface area contributed by atoms with Gasteiger partial charge in [-0.3, -0.25) is 14.3 Å². The van der Waals surface area contributed by atoms with Crippen LogP contribution in [-0.2, 0) is 12.4 Å². The van der Waals surface area contributed by atoms with Crippen LogP contribution in [0, 0.1) is 6.92 Å². The molecule has 2 aromatic rings. The highest BCUT2D eigenvalue weighted by Gasteiger charge is 2.05. The summed E-state index contributed by atoms with van der Waals surface area (Å²) in [7, 11) is 0. The molecule has 0 aliphatic heterocycles. The molecule has 7 heteroatoms. The number of halogens is 1. The number of H-pyrrole nitrogens is 1. The van der Waals surface area contributed by atoms with Gasteiger partial charge >= 0.3 is 5.69 Å². The van der Waals surface area contributed by atoms with Gasteiger partial charge in [0.1, 0.15) is 5.01 Å². The largest absolute Gasteiger partial charge is 0.328 e. The third-order valence-electron chi connectivity index (χ3n) is 2.23. The summed E-state index contributed by atoms with van der Waals surface area (Å²) in [5.41, 5.74) is 0.509. The van der Waals surface area contributed by atoms with Crippen LogP contribution < -0.4 is 11.2 Å². The van der Waals surface area contributed by atoms with Gasteiger partial charge in [-0.05, 0) is 6.92 Å². The Balaban J connectivity index is 2.33. The van der Waals surface area contributed by atoms with Gasteiger partial charge in [-0.1, -0.05) is 0 Å². The van der Waals surface area contributed by atoms with Gasteiger partial charge in [0.2, 0.25) is 0 Å². The average molecular weight is 272 g/mol. The zero-order valence-electron chi connectivity index (χ0n) is 9.07. The van der Waals surface area contributed by atoms with Crippen LogP contribution in [0.5, 0.6) is 0 Å². The molecular weight excluding hydrogens is 262 g/mol. The van der Waals surface area contributed by atoms with Gasteiger partial charge in [-0.15, -0.1) is 22.9 Å². The van der Waals surface area contributed by atoms with Crippen LogP contribution in [0.15, 0.2) is 21.2 Å². The molecule has 0 aliphatic carbocycles. The van der Waals surface area contributed by atoms with Crippen LogP contribution in [0.2, 0.25) is 0 Å². The number of aromatic nitrogens is 3. The van der Waals surface area contributed by atoms with Crippen molar-refractivity contribution < 1.29 is 0 Å². The lowest BCUT2D eigenvalue weighted by molar-refractivity contribution is 0.708. The van der Waals surface area contributed by atoms with E-state index in [-0.39, 0.29) is 5.56 Å². The standard InChI is InChI=1S/C10H10ClN3O2S/c1-6-3-14(10(16)13-9(6)15)4-8-12-7(2-11)5-17-8/h3,5H,2,4H2,1H3,(H,13,15,16). The number of aromatic amines is 1. The lowest BCUT2D eigenvalue weighted by atomic mass is 10.4. The number of rotatable bonds is 3. The quantitative estimate of drug-likeness (QED) is 0.850. The molecule has 0 fully saturated rings. The fourth-order valence-electron chi connectivity index (χ4n) is 1.36. The lowest BCUT2D eigenvalue weighted by Crippen LogP contribution is -2.31. The zero-order chi connectivity index (χ0) is 12.4. The first-order valence-corrected chi connectivity index (χ1v) is 6.31. The van der Waals surface area contributed by atoms with Gasteiger partial charge in [0.15, 0.2) is 0 Å². The second-order valence-corrected chi connectivity index (χ2v) is 4.78. The monoisotopic (exact) mass is 271 g/mol. The average Bonchev–Trinajstić information content (AvgIpc) is 2.73. The molecule has 0 saturated heterocycles. The van der Waals surface area contributed by atoms with Gasteiger partial charge in [-0.2, -0.15) is 0 Å². The van der Waals surface area contributed by atoms with E-state index in [0.29, 0.717) is 18.0 Å². The lowest BCUT2D eigenvalue weighted by Gasteiger charge is -2.02. The van der Waals surface area contributed by atoms with Gasteiger partial charge < -0.3 is 0 Å². The molecule has 17 heavy (non-hydrogen) atoms. The first-order valence-electron chi connectivity index (χ1n) is 4.90. The summed E-state index contributed by atoms with van der Waals surface area (Å²) in [6.45, 7) is 2.00. The summed E-state index contributed by atoms with van der Waals surface area (Å²) in [5.74, 6) is 0.357. The van der Waals surface area contributed by atoms with E-state index in [9.17, 15) is 9.59 Å². The Morgan fingerprint density at radius 2 is 2.29 bits per heavy atom. The minimum absolute atomic E-state index is 0.345. The number of nitrogens with one attached hydrogen (secondary N) is 1. The third kappa shape index (κ3) is 2.65. The second-order valence-electron chi connectivity index (χ2n) is 3.57. The smallest absolute Gasteiger partial charge is 0.293 e. The van der Waals surface area contributed by atoms with Crippen molar-refractivity contribution in [3.05, 3.63) is 48.7 Å². The molecule has 1 N–H and O–H groups in total. The molecule has 0 amide bonds. The normalized spacial score (nSPS) is 10.7. The molecule has 0 aliphatic rings. The molecular formula is C10H10ClN3O2S. The van der Waals surface area contributed by atoms with E-state index in [1.54, 1.807) is 6.92 Å². The zero-order valence-corrected chi connectivity index (χ0v) is 10.6. The maximum absolute atomic E-state index is 11.5. The van der Waals surface area contributed by atoms with E-state index >= 15 is 0 Å². The summed E-state index contributed by atoms with van der Waals surface area (Å²) in [6.07, 6.45) is 1.53. The van der Waals surface area contributed by atoms with Gasteiger partial charge in [-0.25, -0.2) is 9.78 Å². The molecule has 0 bridgehead atoms. The fourth-order valence-corrected chi connectivity index (χ4v) is 2.38. The minimum Gasteiger partial charge on any atom is -0.293 e. The topological polar surface area (TPSA) is 67.8 Å². The Labute approximate surface area is 106 Å². The highest BCUT2D eigenvalue weighted by Crippen LogP contribution is 2.12. The van der Waals surface area contributed by atoms with E-state index in [1.165, 1.54) is 22.1 Å². The predicted molar refractivity (Wildman–Crippen MR) is 66.8 cm³/mol. The number of nitrogens with zero attached hydrogens (tertiary/aromatic N) is 2. The SMILES string of the molecule is Cc1cn(Cc2nc(CCl)cs2)c(=O)[nH]c1=O. The van der Waals surface area contributed by atoms with Gasteiger partial charge in [0.05, 0.1) is 18.1 Å². The van der Waals surface area contributed by atoms with Gasteiger partial charge in [0.25, 0.3) is 5.56 Å². The minimum atomic E-state index is -0.428. The fraction of sp³-hybridized carbons (Fsp3) is 0.300. The summed E-state index contributed by atoms with van der Waals surface area (Å²) in [5, 5.41) is 2.64. The number of hydrogen-bond donors (Lipinski definition) is 1. The molecule has 2 heterocycles. The molecule has 2 aromatic heterocycles. The molecule has 5 nitrogen and oxygen atoms in total. The molecule has 0 atom stereocenters. The summed E-state index contributed by atoms with van der Waals surface area (Å²) < 4.78 is 1.42. The van der Waals surface area contributed by atoms with E-state index in [1.807, 2.05) is 5.38 Å². The molecule has 0 saturated carbocycles. The van der Waals surface area contributed by atoms with Crippen LogP contribution in [0.1, 0.15) is 16.3 Å². The molecule has 0 unspecified atom stereocenters. The van der Waals surface area contributed by atoms with Crippen molar-refractivity contribution in [1.82, 2.24) is 14.5 Å². The number of hydrogen-bond acceptors (Lipinski definition) is 4. The first kappa shape index (κ1) is 12.1. The molecule has 2 rings (SSSR count). The maximum Gasteiger partial charge on any atom is 0.328 e. The van der Waals surface area contributed by atoms with Crippen molar-refractivity contribution in [3.63, 3.8) is 0 Å². The molecule has 0 spiro atoms. The van der Waals surface area contributed by atoms with Crippen LogP contribution in [-0.4, -0.2) is 14.5 Å². The van der Waals surface area contributed by atoms with Gasteiger partial charge in [0, 0.05) is 17.1 Å². The van der Waals surface area contributed by atoms with E-state index in [2.05, 4.69) is 9.97 Å². The number of alkyl halides is 1. The Kier molecular flexibility index (Phi) is 3.44. The van der Waals surface area contributed by atoms with Crippen molar-refractivity contribution in [2.75, 3.05) is 0 Å². The van der Waals surface area contributed by atoms with Crippen molar-refractivity contribution in [2.24, 2.45) is 0 Å². The first-order chi connectivity index (χ1) is 8.10. The number of thiazole rings is 1. The van der Waals surface area contributed by atoms with Crippen molar-refractivity contribution in [1.29, 1.82) is 0 Å². The highest BCUT2D eigenvalue weighted by molar-refractivity contribution is 7.09. The summed E-state index contributed by atoms with van der Waals surface area (Å²) in [4.78, 5) is 29.2. The Morgan fingerprint density at radius 1 is 1.53 bits per heavy atom.